The molecule has 2 aliphatic rings. The van der Waals surface area contributed by atoms with Crippen molar-refractivity contribution >= 4 is 6.09 Å². The second kappa shape index (κ2) is 7.01. The first-order valence-corrected chi connectivity index (χ1v) is 8.75. The van der Waals surface area contributed by atoms with Gasteiger partial charge in [-0.2, -0.15) is 0 Å². The van der Waals surface area contributed by atoms with E-state index in [1.165, 1.54) is 11.1 Å². The Labute approximate surface area is 143 Å². The van der Waals surface area contributed by atoms with Gasteiger partial charge in [-0.15, -0.1) is 0 Å². The third-order valence-corrected chi connectivity index (χ3v) is 4.31. The van der Waals surface area contributed by atoms with Crippen LogP contribution in [-0.2, 0) is 22.4 Å². The molecule has 0 aromatic heterocycles. The Morgan fingerprint density at radius 3 is 2.67 bits per heavy atom. The monoisotopic (exact) mass is 333 g/mol. The summed E-state index contributed by atoms with van der Waals surface area (Å²) in [4.78, 5) is 14.0. The highest BCUT2D eigenvalue weighted by molar-refractivity contribution is 5.68. The van der Waals surface area contributed by atoms with E-state index in [0.29, 0.717) is 13.1 Å². The van der Waals surface area contributed by atoms with E-state index < -0.39 is 5.60 Å². The Kier molecular flexibility index (Phi) is 4.99. The summed E-state index contributed by atoms with van der Waals surface area (Å²) in [6.07, 6.45) is 2.74. The van der Waals surface area contributed by atoms with E-state index in [-0.39, 0.29) is 12.2 Å². The standard InChI is InChI=1S/C19H27NO4/c1-19(2,3)24-18(21)20-9-6-14-12-17(5-4-15(14)13-20)23-16-7-10-22-11-8-16/h4-5,12,16H,6-11,13H2,1-3H3. The number of fused-ring (bicyclic) bond motifs is 1. The molecule has 2 aliphatic heterocycles. The average molecular weight is 333 g/mol. The van der Waals surface area contributed by atoms with Crippen LogP contribution in [0.3, 0.4) is 0 Å². The molecule has 1 fully saturated rings. The van der Waals surface area contributed by atoms with Crippen LogP contribution in [0.4, 0.5) is 4.79 Å². The van der Waals surface area contributed by atoms with Crippen LogP contribution in [-0.4, -0.2) is 42.5 Å². The molecule has 0 spiro atoms. The molecule has 0 N–H and O–H groups in total. The van der Waals surface area contributed by atoms with Crippen LogP contribution in [0.5, 0.6) is 5.75 Å². The molecule has 0 bridgehead atoms. The summed E-state index contributed by atoms with van der Waals surface area (Å²) in [5.74, 6) is 0.923. The lowest BCUT2D eigenvalue weighted by Gasteiger charge is -2.31. The van der Waals surface area contributed by atoms with Crippen molar-refractivity contribution in [3.63, 3.8) is 0 Å². The first kappa shape index (κ1) is 17.1. The summed E-state index contributed by atoms with van der Waals surface area (Å²) >= 11 is 0. The molecule has 3 rings (SSSR count). The third-order valence-electron chi connectivity index (χ3n) is 4.31. The van der Waals surface area contributed by atoms with Gasteiger partial charge in [-0.3, -0.25) is 0 Å². The second-order valence-corrected chi connectivity index (χ2v) is 7.51. The smallest absolute Gasteiger partial charge is 0.410 e. The van der Waals surface area contributed by atoms with Crippen LogP contribution in [0.25, 0.3) is 0 Å². The Morgan fingerprint density at radius 1 is 1.21 bits per heavy atom. The SMILES string of the molecule is CC(C)(C)OC(=O)N1CCc2cc(OC3CCOCC3)ccc2C1. The summed E-state index contributed by atoms with van der Waals surface area (Å²) in [5, 5.41) is 0. The van der Waals surface area contributed by atoms with Crippen molar-refractivity contribution in [2.24, 2.45) is 0 Å². The maximum Gasteiger partial charge on any atom is 0.410 e. The molecule has 1 aromatic rings. The zero-order chi connectivity index (χ0) is 17.2. The third kappa shape index (κ3) is 4.41. The van der Waals surface area contributed by atoms with Crippen molar-refractivity contribution in [1.29, 1.82) is 0 Å². The molecule has 0 atom stereocenters. The average Bonchev–Trinajstić information content (AvgIpc) is 2.53. The highest BCUT2D eigenvalue weighted by atomic mass is 16.6. The molecule has 1 saturated heterocycles. The number of ether oxygens (including phenoxy) is 3. The maximum absolute atomic E-state index is 12.2. The summed E-state index contributed by atoms with van der Waals surface area (Å²) < 4.78 is 16.9. The number of hydrogen-bond donors (Lipinski definition) is 0. The highest BCUT2D eigenvalue weighted by Crippen LogP contribution is 2.26. The quantitative estimate of drug-likeness (QED) is 0.830. The molecule has 24 heavy (non-hydrogen) atoms. The molecule has 2 heterocycles. The van der Waals surface area contributed by atoms with E-state index in [4.69, 9.17) is 14.2 Å². The Balaban J connectivity index is 1.62. The number of nitrogens with zero attached hydrogens (tertiary/aromatic N) is 1. The highest BCUT2D eigenvalue weighted by Gasteiger charge is 2.26. The first-order valence-electron chi connectivity index (χ1n) is 8.75. The number of hydrogen-bond acceptors (Lipinski definition) is 4. The zero-order valence-electron chi connectivity index (χ0n) is 14.8. The van der Waals surface area contributed by atoms with Gasteiger partial charge in [0.15, 0.2) is 0 Å². The van der Waals surface area contributed by atoms with Crippen LogP contribution in [0.15, 0.2) is 18.2 Å². The van der Waals surface area contributed by atoms with Crippen LogP contribution < -0.4 is 4.74 Å². The number of carbonyl (C=O) groups excluding carboxylic acids is 1. The lowest BCUT2D eigenvalue weighted by atomic mass is 9.99. The Bertz CT molecular complexity index is 588. The fourth-order valence-corrected chi connectivity index (χ4v) is 3.07. The summed E-state index contributed by atoms with van der Waals surface area (Å²) in [7, 11) is 0. The van der Waals surface area contributed by atoms with Gasteiger partial charge in [0.2, 0.25) is 0 Å². The van der Waals surface area contributed by atoms with Gasteiger partial charge in [0.25, 0.3) is 0 Å². The molecule has 0 unspecified atom stereocenters. The zero-order valence-corrected chi connectivity index (χ0v) is 14.8. The number of carbonyl (C=O) groups is 1. The van der Waals surface area contributed by atoms with Crippen molar-refractivity contribution in [2.75, 3.05) is 19.8 Å². The number of amides is 1. The largest absolute Gasteiger partial charge is 0.490 e. The van der Waals surface area contributed by atoms with E-state index >= 15 is 0 Å². The fraction of sp³-hybridized carbons (Fsp3) is 0.632. The maximum atomic E-state index is 12.2. The van der Waals surface area contributed by atoms with Crippen LogP contribution in [0, 0.1) is 0 Å². The van der Waals surface area contributed by atoms with E-state index in [1.54, 1.807) is 4.90 Å². The summed E-state index contributed by atoms with van der Waals surface area (Å²) in [5.41, 5.74) is 1.98. The summed E-state index contributed by atoms with van der Waals surface area (Å²) in [6.45, 7) is 8.51. The molecule has 1 aromatic carbocycles. The molecule has 0 aliphatic carbocycles. The first-order chi connectivity index (χ1) is 11.4. The minimum Gasteiger partial charge on any atom is -0.490 e. The molecule has 0 radical (unpaired) electrons. The Morgan fingerprint density at radius 2 is 1.96 bits per heavy atom. The van der Waals surface area contributed by atoms with Gasteiger partial charge in [-0.05, 0) is 50.5 Å². The van der Waals surface area contributed by atoms with Crippen LogP contribution in [0.2, 0.25) is 0 Å². The van der Waals surface area contributed by atoms with Crippen molar-refractivity contribution < 1.29 is 19.0 Å². The van der Waals surface area contributed by atoms with Crippen molar-refractivity contribution in [2.45, 2.75) is 58.3 Å². The number of benzene rings is 1. The lowest BCUT2D eigenvalue weighted by molar-refractivity contribution is 0.0223. The van der Waals surface area contributed by atoms with E-state index in [0.717, 1.165) is 38.2 Å². The van der Waals surface area contributed by atoms with Crippen LogP contribution >= 0.6 is 0 Å². The Hall–Kier alpha value is -1.75. The van der Waals surface area contributed by atoms with Gasteiger partial charge in [-0.25, -0.2) is 4.79 Å². The molecule has 0 saturated carbocycles. The number of rotatable bonds is 2. The van der Waals surface area contributed by atoms with Gasteiger partial charge in [0.1, 0.15) is 17.5 Å². The van der Waals surface area contributed by atoms with Gasteiger partial charge in [0.05, 0.1) is 13.2 Å². The molecular formula is C19H27NO4. The second-order valence-electron chi connectivity index (χ2n) is 7.51. The lowest BCUT2D eigenvalue weighted by Crippen LogP contribution is -2.39. The molecular weight excluding hydrogens is 306 g/mol. The minimum atomic E-state index is -0.460. The van der Waals surface area contributed by atoms with Gasteiger partial charge in [0, 0.05) is 25.9 Å². The normalized spacial score (nSPS) is 18.9. The van der Waals surface area contributed by atoms with Gasteiger partial charge in [-0.1, -0.05) is 6.07 Å². The molecule has 1 amide bonds. The predicted molar refractivity (Wildman–Crippen MR) is 91.3 cm³/mol. The predicted octanol–water partition coefficient (Wildman–Crippen LogP) is 3.54. The van der Waals surface area contributed by atoms with Gasteiger partial charge < -0.3 is 19.1 Å². The minimum absolute atomic E-state index is 0.240. The van der Waals surface area contributed by atoms with Crippen molar-refractivity contribution in [1.82, 2.24) is 4.90 Å². The van der Waals surface area contributed by atoms with E-state index in [1.807, 2.05) is 26.8 Å². The van der Waals surface area contributed by atoms with Crippen molar-refractivity contribution in [3.05, 3.63) is 29.3 Å². The van der Waals surface area contributed by atoms with Crippen molar-refractivity contribution in [3.8, 4) is 5.75 Å². The summed E-state index contributed by atoms with van der Waals surface area (Å²) in [6, 6.07) is 6.20. The topological polar surface area (TPSA) is 48.0 Å². The van der Waals surface area contributed by atoms with Crippen LogP contribution in [0.1, 0.15) is 44.7 Å². The van der Waals surface area contributed by atoms with E-state index in [9.17, 15) is 4.79 Å². The molecule has 5 heteroatoms. The van der Waals surface area contributed by atoms with Gasteiger partial charge >= 0.3 is 6.09 Å². The van der Waals surface area contributed by atoms with E-state index in [2.05, 4.69) is 12.1 Å². The molecule has 5 nitrogen and oxygen atoms in total. The fourth-order valence-electron chi connectivity index (χ4n) is 3.07. The molecule has 132 valence electrons.